The van der Waals surface area contributed by atoms with Crippen molar-refractivity contribution in [3.05, 3.63) is 0 Å². The molecule has 0 spiro atoms. The molecular formula is C10H18N2O. The number of hydrogen-bond donors (Lipinski definition) is 1. The number of carbonyl (C=O) groups excluding carboxylic acids is 1. The predicted octanol–water partition coefficient (Wildman–Crippen LogP) is 1.84. The van der Waals surface area contributed by atoms with Crippen LogP contribution in [0, 0.1) is 17.2 Å². The third-order valence-corrected chi connectivity index (χ3v) is 1.97. The van der Waals surface area contributed by atoms with E-state index in [0.29, 0.717) is 12.8 Å². The highest BCUT2D eigenvalue weighted by atomic mass is 16.1. The van der Waals surface area contributed by atoms with Crippen molar-refractivity contribution in [2.24, 2.45) is 5.92 Å². The number of hydrogen-bond acceptors (Lipinski definition) is 2. The van der Waals surface area contributed by atoms with Crippen LogP contribution >= 0.6 is 0 Å². The summed E-state index contributed by atoms with van der Waals surface area (Å²) < 4.78 is 0. The van der Waals surface area contributed by atoms with E-state index < -0.39 is 0 Å². The number of nitrogens with one attached hydrogen (secondary N) is 1. The molecule has 0 saturated carbocycles. The molecule has 1 unspecified atom stereocenters. The Labute approximate surface area is 80.1 Å². The van der Waals surface area contributed by atoms with Crippen molar-refractivity contribution in [3.8, 4) is 6.07 Å². The number of nitrogens with zero attached hydrogens (tertiary/aromatic N) is 1. The minimum Gasteiger partial charge on any atom is -0.356 e. The van der Waals surface area contributed by atoms with Crippen molar-refractivity contribution in [3.63, 3.8) is 0 Å². The number of rotatable bonds is 6. The number of amides is 1. The molecule has 13 heavy (non-hydrogen) atoms. The molecule has 3 heteroatoms. The molecule has 74 valence electrons. The van der Waals surface area contributed by atoms with E-state index >= 15 is 0 Å². The van der Waals surface area contributed by atoms with Gasteiger partial charge in [-0.1, -0.05) is 13.8 Å². The van der Waals surface area contributed by atoms with E-state index in [9.17, 15) is 4.79 Å². The third-order valence-electron chi connectivity index (χ3n) is 1.97. The largest absolute Gasteiger partial charge is 0.356 e. The van der Waals surface area contributed by atoms with Crippen molar-refractivity contribution in [1.82, 2.24) is 5.32 Å². The SMILES string of the molecule is CCCNC(=O)CCC(C#N)CC. The van der Waals surface area contributed by atoms with E-state index in [1.54, 1.807) is 0 Å². The Kier molecular flexibility index (Phi) is 6.99. The Morgan fingerprint density at radius 1 is 1.54 bits per heavy atom. The molecule has 0 bridgehead atoms. The van der Waals surface area contributed by atoms with E-state index in [1.165, 1.54) is 0 Å². The highest BCUT2D eigenvalue weighted by Crippen LogP contribution is 2.08. The number of nitriles is 1. The molecule has 1 amide bonds. The van der Waals surface area contributed by atoms with Gasteiger partial charge in [0.15, 0.2) is 0 Å². The van der Waals surface area contributed by atoms with E-state index in [2.05, 4.69) is 11.4 Å². The summed E-state index contributed by atoms with van der Waals surface area (Å²) in [7, 11) is 0. The quantitative estimate of drug-likeness (QED) is 0.681. The first-order chi connectivity index (χ1) is 6.24. The molecule has 0 aliphatic heterocycles. The molecule has 0 heterocycles. The van der Waals surface area contributed by atoms with Gasteiger partial charge in [-0.2, -0.15) is 5.26 Å². The summed E-state index contributed by atoms with van der Waals surface area (Å²) in [5.74, 6) is 0.0999. The van der Waals surface area contributed by atoms with E-state index in [1.807, 2.05) is 13.8 Å². The molecule has 0 aromatic carbocycles. The fourth-order valence-corrected chi connectivity index (χ4v) is 1.02. The molecule has 0 aromatic heterocycles. The highest BCUT2D eigenvalue weighted by molar-refractivity contribution is 5.75. The molecule has 1 atom stereocenters. The zero-order valence-electron chi connectivity index (χ0n) is 8.47. The smallest absolute Gasteiger partial charge is 0.220 e. The zero-order chi connectivity index (χ0) is 10.1. The second-order valence-electron chi connectivity index (χ2n) is 3.12. The second kappa shape index (κ2) is 7.60. The van der Waals surface area contributed by atoms with Crippen LogP contribution in [0.3, 0.4) is 0 Å². The van der Waals surface area contributed by atoms with Crippen molar-refractivity contribution in [1.29, 1.82) is 5.26 Å². The van der Waals surface area contributed by atoms with Crippen LogP contribution in [0.4, 0.5) is 0 Å². The van der Waals surface area contributed by atoms with Gasteiger partial charge in [0.1, 0.15) is 0 Å². The lowest BCUT2D eigenvalue weighted by molar-refractivity contribution is -0.121. The summed E-state index contributed by atoms with van der Waals surface area (Å²) >= 11 is 0. The van der Waals surface area contributed by atoms with Crippen LogP contribution in [0.1, 0.15) is 39.5 Å². The van der Waals surface area contributed by atoms with Gasteiger partial charge in [-0.3, -0.25) is 4.79 Å². The fourth-order valence-electron chi connectivity index (χ4n) is 1.02. The van der Waals surface area contributed by atoms with Gasteiger partial charge in [0, 0.05) is 18.9 Å². The van der Waals surface area contributed by atoms with Crippen molar-refractivity contribution < 1.29 is 4.79 Å². The summed E-state index contributed by atoms with van der Waals surface area (Å²) in [5.41, 5.74) is 0. The Bertz CT molecular complexity index is 184. The first-order valence-electron chi connectivity index (χ1n) is 4.90. The van der Waals surface area contributed by atoms with Crippen LogP contribution < -0.4 is 5.32 Å². The standard InChI is InChI=1S/C10H18N2O/c1-3-7-12-10(13)6-5-9(4-2)8-11/h9H,3-7H2,1-2H3,(H,12,13). The Morgan fingerprint density at radius 2 is 2.23 bits per heavy atom. The molecule has 1 N–H and O–H groups in total. The Morgan fingerprint density at radius 3 is 2.69 bits per heavy atom. The van der Waals surface area contributed by atoms with Crippen molar-refractivity contribution >= 4 is 5.91 Å². The Hall–Kier alpha value is -1.04. The summed E-state index contributed by atoms with van der Waals surface area (Å²) in [5, 5.41) is 11.4. The van der Waals surface area contributed by atoms with Gasteiger partial charge in [0.25, 0.3) is 0 Å². The highest BCUT2D eigenvalue weighted by Gasteiger charge is 2.07. The lowest BCUT2D eigenvalue weighted by Gasteiger charge is -2.05. The lowest BCUT2D eigenvalue weighted by atomic mass is 10.0. The molecule has 0 aliphatic carbocycles. The Balaban J connectivity index is 3.51. The molecule has 0 fully saturated rings. The van der Waals surface area contributed by atoms with Crippen LogP contribution in [0.5, 0.6) is 0 Å². The van der Waals surface area contributed by atoms with Crippen molar-refractivity contribution in [2.45, 2.75) is 39.5 Å². The van der Waals surface area contributed by atoms with Gasteiger partial charge >= 0.3 is 0 Å². The molecule has 0 radical (unpaired) electrons. The van der Waals surface area contributed by atoms with Gasteiger partial charge in [-0.15, -0.1) is 0 Å². The topological polar surface area (TPSA) is 52.9 Å². The third kappa shape index (κ3) is 6.15. The van der Waals surface area contributed by atoms with Gasteiger partial charge in [-0.05, 0) is 19.3 Å². The first kappa shape index (κ1) is 12.0. The maximum Gasteiger partial charge on any atom is 0.220 e. The second-order valence-corrected chi connectivity index (χ2v) is 3.12. The van der Waals surface area contributed by atoms with Gasteiger partial charge in [-0.25, -0.2) is 0 Å². The van der Waals surface area contributed by atoms with E-state index in [0.717, 1.165) is 19.4 Å². The maximum absolute atomic E-state index is 11.1. The zero-order valence-corrected chi connectivity index (χ0v) is 8.47. The molecule has 0 aromatic rings. The average Bonchev–Trinajstić information content (AvgIpc) is 2.16. The maximum atomic E-state index is 11.1. The lowest BCUT2D eigenvalue weighted by Crippen LogP contribution is -2.24. The molecule has 0 saturated heterocycles. The van der Waals surface area contributed by atoms with Gasteiger partial charge in [0.2, 0.25) is 5.91 Å². The van der Waals surface area contributed by atoms with Crippen LogP contribution in [0.2, 0.25) is 0 Å². The first-order valence-corrected chi connectivity index (χ1v) is 4.90. The monoisotopic (exact) mass is 182 g/mol. The summed E-state index contributed by atoms with van der Waals surface area (Å²) in [4.78, 5) is 11.1. The predicted molar refractivity (Wildman–Crippen MR) is 51.9 cm³/mol. The van der Waals surface area contributed by atoms with E-state index in [-0.39, 0.29) is 11.8 Å². The van der Waals surface area contributed by atoms with Crippen LogP contribution in [0.15, 0.2) is 0 Å². The normalized spacial score (nSPS) is 11.8. The number of carbonyl (C=O) groups is 1. The molecular weight excluding hydrogens is 164 g/mol. The van der Waals surface area contributed by atoms with Crippen molar-refractivity contribution in [2.75, 3.05) is 6.54 Å². The molecule has 3 nitrogen and oxygen atoms in total. The van der Waals surface area contributed by atoms with E-state index in [4.69, 9.17) is 5.26 Å². The van der Waals surface area contributed by atoms with Gasteiger partial charge in [0.05, 0.1) is 6.07 Å². The van der Waals surface area contributed by atoms with Crippen LogP contribution in [-0.4, -0.2) is 12.5 Å². The molecule has 0 aliphatic rings. The summed E-state index contributed by atoms with van der Waals surface area (Å²) in [6, 6.07) is 2.18. The summed E-state index contributed by atoms with van der Waals surface area (Å²) in [6.45, 7) is 4.73. The minimum atomic E-state index is 0.0346. The average molecular weight is 182 g/mol. The minimum absolute atomic E-state index is 0.0346. The molecule has 0 rings (SSSR count). The van der Waals surface area contributed by atoms with Gasteiger partial charge < -0.3 is 5.32 Å². The van der Waals surface area contributed by atoms with Crippen LogP contribution in [0.25, 0.3) is 0 Å². The van der Waals surface area contributed by atoms with Crippen LogP contribution in [-0.2, 0) is 4.79 Å². The fraction of sp³-hybridized carbons (Fsp3) is 0.800. The summed E-state index contributed by atoms with van der Waals surface area (Å²) in [6.07, 6.45) is 2.95.